The molecule has 1 atom stereocenters. The summed E-state index contributed by atoms with van der Waals surface area (Å²) in [5.74, 6) is -0.154. The fourth-order valence-corrected chi connectivity index (χ4v) is 7.24. The summed E-state index contributed by atoms with van der Waals surface area (Å²) in [6.07, 6.45) is 1.43. The average Bonchev–Trinajstić information content (AvgIpc) is 2.86. The molecule has 40 heavy (non-hydrogen) atoms. The first-order chi connectivity index (χ1) is 19.4. The van der Waals surface area contributed by atoms with Crippen molar-refractivity contribution in [2.45, 2.75) is 42.5 Å². The highest BCUT2D eigenvalue weighted by Gasteiger charge is 2.60. The minimum atomic E-state index is -0.818. The lowest BCUT2D eigenvalue weighted by Crippen LogP contribution is -2.72. The van der Waals surface area contributed by atoms with Gasteiger partial charge in [-0.3, -0.25) is 14.6 Å². The summed E-state index contributed by atoms with van der Waals surface area (Å²) in [6, 6.07) is 18.0. The molecule has 1 amide bonds. The summed E-state index contributed by atoms with van der Waals surface area (Å²) in [4.78, 5) is 17.9. The van der Waals surface area contributed by atoms with E-state index in [1.165, 1.54) is 11.1 Å². The van der Waals surface area contributed by atoms with Crippen LogP contribution >= 0.6 is 0 Å². The average molecular weight is 548 g/mol. The van der Waals surface area contributed by atoms with Crippen LogP contribution in [0, 0.1) is 5.41 Å². The Labute approximate surface area is 236 Å². The number of hydrogen-bond acceptors (Lipinski definition) is 8. The Hall–Kier alpha value is -2.37. The number of benzene rings is 2. The van der Waals surface area contributed by atoms with Crippen molar-refractivity contribution in [1.82, 2.24) is 15.1 Å². The Morgan fingerprint density at radius 2 is 1.48 bits per heavy atom. The van der Waals surface area contributed by atoms with E-state index in [1.54, 1.807) is 0 Å². The number of nitrogens with two attached hydrogens (primary N) is 2. The van der Waals surface area contributed by atoms with Crippen molar-refractivity contribution in [3.8, 4) is 11.1 Å². The third kappa shape index (κ3) is 4.67. The van der Waals surface area contributed by atoms with Crippen LogP contribution in [-0.2, 0) is 31.0 Å². The summed E-state index contributed by atoms with van der Waals surface area (Å²) in [7, 11) is 0. The molecule has 9 heteroatoms. The first kappa shape index (κ1) is 26.5. The van der Waals surface area contributed by atoms with E-state index in [9.17, 15) is 4.79 Å². The maximum atomic E-state index is 12.7. The van der Waals surface area contributed by atoms with Crippen molar-refractivity contribution < 1.29 is 19.0 Å². The van der Waals surface area contributed by atoms with E-state index in [4.69, 9.17) is 25.7 Å². The molecule has 1 aliphatic carbocycles. The molecule has 4 heterocycles. The van der Waals surface area contributed by atoms with Gasteiger partial charge in [-0.15, -0.1) is 0 Å². The highest BCUT2D eigenvalue weighted by molar-refractivity contribution is 5.87. The Balaban J connectivity index is 0.942. The van der Waals surface area contributed by atoms with E-state index in [2.05, 4.69) is 63.6 Å². The largest absolute Gasteiger partial charge is 0.380 e. The fraction of sp³-hybridized carbons (Fsp3) is 0.581. The van der Waals surface area contributed by atoms with Crippen molar-refractivity contribution >= 4 is 5.91 Å². The van der Waals surface area contributed by atoms with Gasteiger partial charge in [-0.05, 0) is 35.1 Å². The molecule has 0 radical (unpaired) electrons. The Bertz CT molecular complexity index is 1210. The van der Waals surface area contributed by atoms with Crippen LogP contribution in [0.15, 0.2) is 48.5 Å². The van der Waals surface area contributed by atoms with Crippen molar-refractivity contribution in [3.05, 3.63) is 59.7 Å². The summed E-state index contributed by atoms with van der Waals surface area (Å²) < 4.78 is 16.4. The minimum absolute atomic E-state index is 0.0149. The van der Waals surface area contributed by atoms with Gasteiger partial charge in [0, 0.05) is 38.0 Å². The molecule has 7 rings (SSSR count). The quantitative estimate of drug-likeness (QED) is 0.420. The first-order valence-corrected chi connectivity index (χ1v) is 14.6. The van der Waals surface area contributed by atoms with Gasteiger partial charge in [-0.1, -0.05) is 48.5 Å². The van der Waals surface area contributed by atoms with Gasteiger partial charge in [0.25, 0.3) is 0 Å². The predicted molar refractivity (Wildman–Crippen MR) is 151 cm³/mol. The number of nitrogens with zero attached hydrogens (tertiary/aromatic N) is 2. The monoisotopic (exact) mass is 547 g/mol. The lowest BCUT2D eigenvalue weighted by molar-refractivity contribution is -0.190. The molecule has 5 fully saturated rings. The van der Waals surface area contributed by atoms with E-state index in [-0.39, 0.29) is 16.9 Å². The molecule has 2 aromatic rings. The normalized spacial score (nSPS) is 26.1. The van der Waals surface area contributed by atoms with Gasteiger partial charge in [-0.2, -0.15) is 0 Å². The van der Waals surface area contributed by atoms with Crippen LogP contribution in [0.3, 0.4) is 0 Å². The topological polar surface area (TPSA) is 115 Å². The fourth-order valence-electron chi connectivity index (χ4n) is 7.24. The third-order valence-corrected chi connectivity index (χ3v) is 9.87. The first-order valence-electron chi connectivity index (χ1n) is 14.6. The molecular weight excluding hydrogens is 506 g/mol. The van der Waals surface area contributed by atoms with E-state index >= 15 is 0 Å². The number of rotatable bonds is 8. The molecule has 1 saturated carbocycles. The van der Waals surface area contributed by atoms with Crippen LogP contribution in [0.1, 0.15) is 24.0 Å². The van der Waals surface area contributed by atoms with Gasteiger partial charge >= 0.3 is 0 Å². The maximum Gasteiger partial charge on any atom is 0.241 e. The van der Waals surface area contributed by atoms with Crippen molar-refractivity contribution in [2.75, 3.05) is 65.8 Å². The van der Waals surface area contributed by atoms with Gasteiger partial charge in [0.15, 0.2) is 0 Å². The molecule has 0 aromatic heterocycles. The number of piperazine rings is 1. The predicted octanol–water partition coefficient (Wildman–Crippen LogP) is 1.05. The molecular formula is C31H41N5O4. The zero-order chi connectivity index (χ0) is 27.4. The van der Waals surface area contributed by atoms with Gasteiger partial charge < -0.3 is 31.0 Å². The molecule has 9 nitrogen and oxygen atoms in total. The van der Waals surface area contributed by atoms with Gasteiger partial charge in [-0.25, -0.2) is 0 Å². The van der Waals surface area contributed by atoms with Crippen molar-refractivity contribution in [2.24, 2.45) is 16.9 Å². The second kappa shape index (κ2) is 10.2. The Morgan fingerprint density at radius 1 is 0.875 bits per heavy atom. The summed E-state index contributed by atoms with van der Waals surface area (Å²) in [5, 5.41) is 2.93. The number of carbonyl (C=O) groups is 1. The van der Waals surface area contributed by atoms with Gasteiger partial charge in [0.05, 0.1) is 62.9 Å². The smallest absolute Gasteiger partial charge is 0.241 e. The molecule has 0 unspecified atom stereocenters. The Morgan fingerprint density at radius 3 is 1.98 bits per heavy atom. The highest BCUT2D eigenvalue weighted by atomic mass is 16.5. The van der Waals surface area contributed by atoms with Gasteiger partial charge in [0.2, 0.25) is 5.91 Å². The molecule has 214 valence electrons. The number of amides is 1. The molecule has 5 aliphatic rings. The van der Waals surface area contributed by atoms with E-state index in [0.29, 0.717) is 38.5 Å². The van der Waals surface area contributed by atoms with Crippen molar-refractivity contribution in [1.29, 1.82) is 0 Å². The van der Waals surface area contributed by atoms with E-state index < -0.39 is 11.7 Å². The maximum absolute atomic E-state index is 12.7. The highest BCUT2D eigenvalue weighted by Crippen LogP contribution is 2.52. The minimum Gasteiger partial charge on any atom is -0.380 e. The second-order valence-electron chi connectivity index (χ2n) is 12.8. The molecule has 1 spiro atoms. The standard InChI is InChI=1S/C31H41N5O4/c32-27(34-28(37)30(33)16-29(17-30)18-39-19-29)13-22-1-3-23(4-2-22)24-5-7-25(8-6-24)31(20-40-21-31)36-11-9-35(10-12-36)26-14-38-15-26/h1-8,26-27H,9-21,32-33H2,(H,34,37)/t27-/m1/s1. The van der Waals surface area contributed by atoms with E-state index in [0.717, 1.165) is 63.7 Å². The molecule has 5 N–H and O–H groups in total. The zero-order valence-electron chi connectivity index (χ0n) is 23.1. The van der Waals surface area contributed by atoms with Crippen LogP contribution in [0.25, 0.3) is 11.1 Å². The van der Waals surface area contributed by atoms with Crippen LogP contribution < -0.4 is 16.8 Å². The van der Waals surface area contributed by atoms with Gasteiger partial charge in [0.1, 0.15) is 0 Å². The Kier molecular flexibility index (Phi) is 6.74. The number of hydrogen-bond donors (Lipinski definition) is 3. The molecule has 0 bridgehead atoms. The molecule has 4 aliphatic heterocycles. The molecule has 2 aromatic carbocycles. The van der Waals surface area contributed by atoms with Crippen LogP contribution in [0.2, 0.25) is 0 Å². The summed E-state index contributed by atoms with van der Waals surface area (Å²) in [6.45, 7) is 9.01. The third-order valence-electron chi connectivity index (χ3n) is 9.87. The second-order valence-corrected chi connectivity index (χ2v) is 12.8. The van der Waals surface area contributed by atoms with Crippen LogP contribution in [0.4, 0.5) is 0 Å². The van der Waals surface area contributed by atoms with Crippen LogP contribution in [-0.4, -0.2) is 99.3 Å². The lowest BCUT2D eigenvalue weighted by Gasteiger charge is -2.57. The zero-order valence-corrected chi connectivity index (χ0v) is 23.1. The van der Waals surface area contributed by atoms with E-state index in [1.807, 2.05) is 0 Å². The number of ether oxygens (including phenoxy) is 3. The summed E-state index contributed by atoms with van der Waals surface area (Å²) in [5.41, 5.74) is 16.7. The SMILES string of the molecule is N[C@@H](Cc1ccc(-c2ccc(C3(N4CCN(C5COC5)CC4)COC3)cc2)cc1)NC(=O)C1(N)CC2(COC2)C1. The van der Waals surface area contributed by atoms with Crippen LogP contribution in [0.5, 0.6) is 0 Å². The number of nitrogens with one attached hydrogen (secondary N) is 1. The number of carbonyl (C=O) groups excluding carboxylic acids is 1. The molecule has 4 saturated heterocycles. The summed E-state index contributed by atoms with van der Waals surface area (Å²) >= 11 is 0. The lowest BCUT2D eigenvalue weighted by atomic mass is 9.56. The van der Waals surface area contributed by atoms with Crippen molar-refractivity contribution in [3.63, 3.8) is 0 Å².